The second kappa shape index (κ2) is 8.25. The van der Waals surface area contributed by atoms with Crippen LogP contribution in [-0.2, 0) is 16.1 Å². The lowest BCUT2D eigenvalue weighted by Crippen LogP contribution is -2.24. The molecule has 4 nitrogen and oxygen atoms in total. The van der Waals surface area contributed by atoms with Gasteiger partial charge in [-0.25, -0.2) is 4.39 Å². The summed E-state index contributed by atoms with van der Waals surface area (Å²) in [6.45, 7) is 0.180. The summed E-state index contributed by atoms with van der Waals surface area (Å²) in [6.07, 6.45) is 0.238. The Hall–Kier alpha value is -1.90. The van der Waals surface area contributed by atoms with Crippen LogP contribution in [0.15, 0.2) is 18.2 Å². The van der Waals surface area contributed by atoms with Crippen LogP contribution in [0.3, 0.4) is 0 Å². The molecule has 0 saturated carbocycles. The van der Waals surface area contributed by atoms with Gasteiger partial charge in [0.05, 0.1) is 6.61 Å². The maximum atomic E-state index is 13.5. The van der Waals surface area contributed by atoms with E-state index in [1.54, 1.807) is 6.07 Å². The summed E-state index contributed by atoms with van der Waals surface area (Å²) in [5.74, 6) is 4.57. The zero-order valence-electron chi connectivity index (χ0n) is 10.7. The SMILES string of the molecule is COCCC(=O)NCc1cc(C#CCO)ccc1F. The summed E-state index contributed by atoms with van der Waals surface area (Å²) in [5.41, 5.74) is 0.951. The molecule has 0 atom stereocenters. The molecule has 1 rings (SSSR count). The number of aliphatic hydroxyl groups is 1. The molecule has 2 N–H and O–H groups in total. The standard InChI is InChI=1S/C14H16FNO3/c1-19-8-6-14(18)16-10-12-9-11(3-2-7-17)4-5-13(12)15/h4-5,9,17H,6-8,10H2,1H3,(H,16,18). The van der Waals surface area contributed by atoms with Crippen molar-refractivity contribution in [3.05, 3.63) is 35.1 Å². The van der Waals surface area contributed by atoms with E-state index in [1.807, 2.05) is 0 Å². The first kappa shape index (κ1) is 15.2. The van der Waals surface area contributed by atoms with Crippen LogP contribution in [0.5, 0.6) is 0 Å². The van der Waals surface area contributed by atoms with Crippen LogP contribution in [0.4, 0.5) is 4.39 Å². The molecule has 0 aromatic heterocycles. The molecule has 0 radical (unpaired) electrons. The highest BCUT2D eigenvalue weighted by molar-refractivity contribution is 5.75. The highest BCUT2D eigenvalue weighted by Gasteiger charge is 2.05. The number of hydrogen-bond donors (Lipinski definition) is 2. The topological polar surface area (TPSA) is 58.6 Å². The Balaban J connectivity index is 2.64. The normalized spacial score (nSPS) is 9.63. The molecule has 0 heterocycles. The van der Waals surface area contributed by atoms with Gasteiger partial charge in [-0.15, -0.1) is 0 Å². The first-order chi connectivity index (χ1) is 9.17. The lowest BCUT2D eigenvalue weighted by atomic mass is 10.1. The summed E-state index contributed by atoms with van der Waals surface area (Å²) in [4.78, 5) is 11.4. The van der Waals surface area contributed by atoms with Crippen LogP contribution in [0.1, 0.15) is 17.5 Å². The van der Waals surface area contributed by atoms with Gasteiger partial charge in [-0.05, 0) is 18.2 Å². The van der Waals surface area contributed by atoms with Gasteiger partial charge in [0.15, 0.2) is 0 Å². The molecule has 5 heteroatoms. The van der Waals surface area contributed by atoms with Gasteiger partial charge in [-0.2, -0.15) is 0 Å². The van der Waals surface area contributed by atoms with Crippen molar-refractivity contribution in [2.45, 2.75) is 13.0 Å². The number of ether oxygens (including phenoxy) is 1. The molecule has 0 bridgehead atoms. The zero-order valence-corrected chi connectivity index (χ0v) is 10.7. The third kappa shape index (κ3) is 5.51. The molecule has 102 valence electrons. The van der Waals surface area contributed by atoms with Crippen LogP contribution in [0, 0.1) is 17.7 Å². The molecular weight excluding hydrogens is 249 g/mol. The van der Waals surface area contributed by atoms with E-state index in [2.05, 4.69) is 17.2 Å². The summed E-state index contributed by atoms with van der Waals surface area (Å²) in [6, 6.07) is 4.36. The molecule has 0 aliphatic rings. The van der Waals surface area contributed by atoms with Crippen molar-refractivity contribution in [1.82, 2.24) is 5.32 Å². The van der Waals surface area contributed by atoms with E-state index >= 15 is 0 Å². The predicted octanol–water partition coefficient (Wildman–Crippen LogP) is 0.822. The Morgan fingerprint density at radius 2 is 2.32 bits per heavy atom. The number of aliphatic hydroxyl groups excluding tert-OH is 1. The van der Waals surface area contributed by atoms with Gasteiger partial charge in [-0.3, -0.25) is 4.79 Å². The van der Waals surface area contributed by atoms with Crippen LogP contribution in [0.2, 0.25) is 0 Å². The fourth-order valence-electron chi connectivity index (χ4n) is 1.41. The van der Waals surface area contributed by atoms with Crippen molar-refractivity contribution in [1.29, 1.82) is 0 Å². The van der Waals surface area contributed by atoms with Crippen LogP contribution < -0.4 is 5.32 Å². The Labute approximate surface area is 111 Å². The minimum atomic E-state index is -0.401. The van der Waals surface area contributed by atoms with E-state index in [1.165, 1.54) is 19.2 Å². The number of hydrogen-bond acceptors (Lipinski definition) is 3. The van der Waals surface area contributed by atoms with Gasteiger partial charge in [0, 0.05) is 31.2 Å². The lowest BCUT2D eigenvalue weighted by Gasteiger charge is -2.06. The molecule has 0 spiro atoms. The van der Waals surface area contributed by atoms with E-state index in [0.29, 0.717) is 17.7 Å². The fraction of sp³-hybridized carbons (Fsp3) is 0.357. The number of carbonyl (C=O) groups is 1. The third-order valence-electron chi connectivity index (χ3n) is 2.37. The fourth-order valence-corrected chi connectivity index (χ4v) is 1.41. The lowest BCUT2D eigenvalue weighted by molar-refractivity contribution is -0.122. The molecule has 0 fully saturated rings. The molecule has 1 amide bonds. The van der Waals surface area contributed by atoms with Gasteiger partial charge in [-0.1, -0.05) is 11.8 Å². The van der Waals surface area contributed by atoms with Crippen molar-refractivity contribution in [3.63, 3.8) is 0 Å². The van der Waals surface area contributed by atoms with Crippen molar-refractivity contribution < 1.29 is 19.0 Å². The second-order valence-electron chi connectivity index (χ2n) is 3.79. The third-order valence-corrected chi connectivity index (χ3v) is 2.37. The molecule has 1 aromatic rings. The van der Waals surface area contributed by atoms with Crippen molar-refractivity contribution in [3.8, 4) is 11.8 Å². The number of amides is 1. The van der Waals surface area contributed by atoms with Crippen molar-refractivity contribution in [2.24, 2.45) is 0 Å². The van der Waals surface area contributed by atoms with E-state index in [9.17, 15) is 9.18 Å². The number of rotatable bonds is 5. The van der Waals surface area contributed by atoms with Crippen LogP contribution in [-0.4, -0.2) is 31.3 Å². The van der Waals surface area contributed by atoms with Gasteiger partial charge >= 0.3 is 0 Å². The maximum absolute atomic E-state index is 13.5. The average Bonchev–Trinajstić information content (AvgIpc) is 2.42. The Kier molecular flexibility index (Phi) is 6.58. The van der Waals surface area contributed by atoms with Crippen LogP contribution in [0.25, 0.3) is 0 Å². The number of carbonyl (C=O) groups excluding carboxylic acids is 1. The minimum absolute atomic E-state index is 0.100. The monoisotopic (exact) mass is 265 g/mol. The Morgan fingerprint density at radius 3 is 3.00 bits per heavy atom. The summed E-state index contributed by atoms with van der Waals surface area (Å²) in [7, 11) is 1.51. The zero-order chi connectivity index (χ0) is 14.1. The largest absolute Gasteiger partial charge is 0.384 e. The molecule has 0 aliphatic carbocycles. The molecule has 0 unspecified atom stereocenters. The highest BCUT2D eigenvalue weighted by atomic mass is 19.1. The Bertz CT molecular complexity index is 491. The van der Waals surface area contributed by atoms with Gasteiger partial charge in [0.25, 0.3) is 0 Å². The average molecular weight is 265 g/mol. The first-order valence-corrected chi connectivity index (χ1v) is 5.81. The second-order valence-corrected chi connectivity index (χ2v) is 3.79. The number of nitrogens with one attached hydrogen (secondary N) is 1. The van der Waals surface area contributed by atoms with E-state index in [-0.39, 0.29) is 25.5 Å². The summed E-state index contributed by atoms with van der Waals surface area (Å²) >= 11 is 0. The first-order valence-electron chi connectivity index (χ1n) is 5.81. The molecule has 0 aliphatic heterocycles. The quantitative estimate of drug-likeness (QED) is 0.775. The number of methoxy groups -OCH3 is 1. The Morgan fingerprint density at radius 1 is 1.53 bits per heavy atom. The van der Waals surface area contributed by atoms with Crippen LogP contribution >= 0.6 is 0 Å². The van der Waals surface area contributed by atoms with Gasteiger partial charge in [0.1, 0.15) is 12.4 Å². The molecular formula is C14H16FNO3. The van der Waals surface area contributed by atoms with E-state index < -0.39 is 5.82 Å². The van der Waals surface area contributed by atoms with Crippen molar-refractivity contribution in [2.75, 3.05) is 20.3 Å². The van der Waals surface area contributed by atoms with Crippen molar-refractivity contribution >= 4 is 5.91 Å². The number of benzene rings is 1. The maximum Gasteiger partial charge on any atom is 0.222 e. The number of halogens is 1. The highest BCUT2D eigenvalue weighted by Crippen LogP contribution is 2.09. The van der Waals surface area contributed by atoms with E-state index in [4.69, 9.17) is 9.84 Å². The molecule has 1 aromatic carbocycles. The molecule has 19 heavy (non-hydrogen) atoms. The smallest absolute Gasteiger partial charge is 0.222 e. The summed E-state index contributed by atoms with van der Waals surface area (Å²) in [5, 5.41) is 11.2. The minimum Gasteiger partial charge on any atom is -0.384 e. The van der Waals surface area contributed by atoms with E-state index in [0.717, 1.165) is 0 Å². The molecule has 0 saturated heterocycles. The van der Waals surface area contributed by atoms with Gasteiger partial charge in [0.2, 0.25) is 5.91 Å². The van der Waals surface area contributed by atoms with Gasteiger partial charge < -0.3 is 15.2 Å². The predicted molar refractivity (Wildman–Crippen MR) is 68.7 cm³/mol. The summed E-state index contributed by atoms with van der Waals surface area (Å²) < 4.78 is 18.3.